The summed E-state index contributed by atoms with van der Waals surface area (Å²) in [6.07, 6.45) is 3.61. The second-order valence-corrected chi connectivity index (χ2v) is 5.23. The van der Waals surface area contributed by atoms with Gasteiger partial charge in [-0.2, -0.15) is 0 Å². The third kappa shape index (κ3) is 6.99. The zero-order chi connectivity index (χ0) is 12.5. The number of rotatable bonds is 8. The number of nitrogens with one attached hydrogen (secondary N) is 1. The van der Waals surface area contributed by atoms with Crippen LogP contribution in [-0.4, -0.2) is 76.4 Å². The van der Waals surface area contributed by atoms with Gasteiger partial charge in [0, 0.05) is 32.3 Å². The molecule has 1 aliphatic heterocycles. The predicted octanol–water partition coefficient (Wildman–Crippen LogP) is 0.639. The van der Waals surface area contributed by atoms with Crippen LogP contribution in [0.3, 0.4) is 0 Å². The summed E-state index contributed by atoms with van der Waals surface area (Å²) in [5, 5.41) is 3.51. The van der Waals surface area contributed by atoms with Crippen LogP contribution in [0.5, 0.6) is 0 Å². The summed E-state index contributed by atoms with van der Waals surface area (Å²) in [5.74, 6) is 0. The van der Waals surface area contributed by atoms with Crippen LogP contribution in [0.4, 0.5) is 0 Å². The van der Waals surface area contributed by atoms with Crippen molar-refractivity contribution in [3.63, 3.8) is 0 Å². The summed E-state index contributed by atoms with van der Waals surface area (Å²) in [7, 11) is 6.48. The van der Waals surface area contributed by atoms with Crippen LogP contribution in [0.2, 0.25) is 0 Å². The molecule has 0 bridgehead atoms. The Balaban J connectivity index is 1.94. The van der Waals surface area contributed by atoms with E-state index in [1.807, 2.05) is 0 Å². The first kappa shape index (κ1) is 14.9. The highest BCUT2D eigenvalue weighted by molar-refractivity contribution is 4.72. The molecule has 4 heteroatoms. The van der Waals surface area contributed by atoms with Crippen LogP contribution in [0, 0.1) is 0 Å². The van der Waals surface area contributed by atoms with E-state index in [4.69, 9.17) is 4.74 Å². The predicted molar refractivity (Wildman–Crippen MR) is 72.5 cm³/mol. The molecule has 0 aromatic carbocycles. The van der Waals surface area contributed by atoms with E-state index in [9.17, 15) is 0 Å². The molecule has 1 aliphatic rings. The van der Waals surface area contributed by atoms with Gasteiger partial charge in [0.15, 0.2) is 0 Å². The fourth-order valence-electron chi connectivity index (χ4n) is 2.21. The lowest BCUT2D eigenvalue weighted by Gasteiger charge is -2.31. The molecule has 0 spiro atoms. The second-order valence-electron chi connectivity index (χ2n) is 5.23. The first-order chi connectivity index (χ1) is 8.20. The molecule has 1 rings (SSSR count). The summed E-state index contributed by atoms with van der Waals surface area (Å²) < 4.78 is 5.38. The molecule has 0 saturated carbocycles. The highest BCUT2D eigenvalue weighted by atomic mass is 16.5. The van der Waals surface area contributed by atoms with Crippen molar-refractivity contribution in [1.29, 1.82) is 0 Å². The second kappa shape index (κ2) is 8.86. The first-order valence-corrected chi connectivity index (χ1v) is 6.83. The number of hydrogen-bond acceptors (Lipinski definition) is 4. The average Bonchev–Trinajstić information content (AvgIpc) is 2.34. The highest BCUT2D eigenvalue weighted by Gasteiger charge is 2.17. The Morgan fingerprint density at radius 3 is 2.41 bits per heavy atom. The van der Waals surface area contributed by atoms with E-state index in [2.05, 4.69) is 36.3 Å². The van der Waals surface area contributed by atoms with Gasteiger partial charge in [0.1, 0.15) is 0 Å². The maximum absolute atomic E-state index is 5.38. The summed E-state index contributed by atoms with van der Waals surface area (Å²) in [6.45, 7) is 6.41. The number of hydrogen-bond donors (Lipinski definition) is 1. The fourth-order valence-corrected chi connectivity index (χ4v) is 2.21. The Hall–Kier alpha value is -0.160. The molecule has 4 nitrogen and oxygen atoms in total. The molecule has 1 N–H and O–H groups in total. The quantitative estimate of drug-likeness (QED) is 0.633. The van der Waals surface area contributed by atoms with Gasteiger partial charge in [0.25, 0.3) is 0 Å². The van der Waals surface area contributed by atoms with Gasteiger partial charge in [-0.15, -0.1) is 0 Å². The number of likely N-dealkylation sites (N-methyl/N-ethyl adjacent to an activating group) is 1. The topological polar surface area (TPSA) is 27.7 Å². The Bertz CT molecular complexity index is 182. The van der Waals surface area contributed by atoms with Crippen molar-refractivity contribution in [2.24, 2.45) is 0 Å². The van der Waals surface area contributed by atoms with E-state index in [1.165, 1.54) is 25.8 Å². The number of ether oxygens (including phenoxy) is 1. The van der Waals surface area contributed by atoms with Crippen LogP contribution < -0.4 is 5.32 Å². The van der Waals surface area contributed by atoms with E-state index in [0.29, 0.717) is 0 Å². The molecule has 0 aromatic heterocycles. The zero-order valence-corrected chi connectivity index (χ0v) is 11.7. The van der Waals surface area contributed by atoms with Gasteiger partial charge in [-0.1, -0.05) is 0 Å². The van der Waals surface area contributed by atoms with Crippen LogP contribution in [0.1, 0.15) is 19.3 Å². The minimum Gasteiger partial charge on any atom is -0.381 e. The van der Waals surface area contributed by atoms with Gasteiger partial charge in [0.05, 0.1) is 0 Å². The van der Waals surface area contributed by atoms with Crippen molar-refractivity contribution >= 4 is 0 Å². The first-order valence-electron chi connectivity index (χ1n) is 6.83. The summed E-state index contributed by atoms with van der Waals surface area (Å²) in [4.78, 5) is 4.71. The maximum Gasteiger partial charge on any atom is 0.0480 e. The lowest BCUT2D eigenvalue weighted by Crippen LogP contribution is -2.40. The Kier molecular flexibility index (Phi) is 7.77. The normalized spacial score (nSPS) is 18.2. The SMILES string of the molecule is CN(C)CCCNCCN(C)C1CCOCC1. The smallest absolute Gasteiger partial charge is 0.0480 e. The van der Waals surface area contributed by atoms with Gasteiger partial charge in [-0.25, -0.2) is 0 Å². The molecule has 1 saturated heterocycles. The van der Waals surface area contributed by atoms with Crippen molar-refractivity contribution in [2.45, 2.75) is 25.3 Å². The average molecular weight is 243 g/mol. The largest absolute Gasteiger partial charge is 0.381 e. The van der Waals surface area contributed by atoms with E-state index in [0.717, 1.165) is 38.9 Å². The molecule has 17 heavy (non-hydrogen) atoms. The zero-order valence-electron chi connectivity index (χ0n) is 11.7. The van der Waals surface area contributed by atoms with Gasteiger partial charge in [-0.3, -0.25) is 0 Å². The van der Waals surface area contributed by atoms with Gasteiger partial charge >= 0.3 is 0 Å². The van der Waals surface area contributed by atoms with Crippen molar-refractivity contribution in [1.82, 2.24) is 15.1 Å². The standard InChI is InChI=1S/C13H29N3O/c1-15(2)9-4-7-14-8-10-16(3)13-5-11-17-12-6-13/h13-14H,4-12H2,1-3H3. The van der Waals surface area contributed by atoms with Crippen LogP contribution in [-0.2, 0) is 4.74 Å². The van der Waals surface area contributed by atoms with Crippen LogP contribution in [0.25, 0.3) is 0 Å². The highest BCUT2D eigenvalue weighted by Crippen LogP contribution is 2.11. The van der Waals surface area contributed by atoms with Crippen molar-refractivity contribution in [3.05, 3.63) is 0 Å². The van der Waals surface area contributed by atoms with Crippen molar-refractivity contribution in [2.75, 3.05) is 60.5 Å². The molecule has 0 unspecified atom stereocenters. The molecule has 0 amide bonds. The molecule has 0 aliphatic carbocycles. The third-order valence-electron chi connectivity index (χ3n) is 3.41. The molecular weight excluding hydrogens is 214 g/mol. The lowest BCUT2D eigenvalue weighted by atomic mass is 10.1. The molecule has 1 fully saturated rings. The van der Waals surface area contributed by atoms with E-state index < -0.39 is 0 Å². The lowest BCUT2D eigenvalue weighted by molar-refractivity contribution is 0.0434. The van der Waals surface area contributed by atoms with Gasteiger partial charge in [-0.05, 0) is 53.5 Å². The fraction of sp³-hybridized carbons (Fsp3) is 1.00. The molecule has 0 atom stereocenters. The third-order valence-corrected chi connectivity index (χ3v) is 3.41. The van der Waals surface area contributed by atoms with Crippen molar-refractivity contribution in [3.8, 4) is 0 Å². The summed E-state index contributed by atoms with van der Waals surface area (Å²) in [5.41, 5.74) is 0. The minimum atomic E-state index is 0.729. The molecule has 0 aromatic rings. The molecular formula is C13H29N3O. The van der Waals surface area contributed by atoms with Crippen LogP contribution in [0.15, 0.2) is 0 Å². The Labute approximate surface area is 106 Å². The van der Waals surface area contributed by atoms with Crippen molar-refractivity contribution < 1.29 is 4.74 Å². The Morgan fingerprint density at radius 1 is 1.06 bits per heavy atom. The van der Waals surface area contributed by atoms with E-state index in [1.54, 1.807) is 0 Å². The Morgan fingerprint density at radius 2 is 1.76 bits per heavy atom. The number of nitrogens with zero attached hydrogens (tertiary/aromatic N) is 2. The maximum atomic E-state index is 5.38. The molecule has 0 radical (unpaired) electrons. The van der Waals surface area contributed by atoms with Gasteiger partial charge < -0.3 is 19.9 Å². The monoisotopic (exact) mass is 243 g/mol. The molecule has 102 valence electrons. The van der Waals surface area contributed by atoms with Gasteiger partial charge in [0.2, 0.25) is 0 Å². The minimum absolute atomic E-state index is 0.729. The van der Waals surface area contributed by atoms with E-state index >= 15 is 0 Å². The van der Waals surface area contributed by atoms with E-state index in [-0.39, 0.29) is 0 Å². The summed E-state index contributed by atoms with van der Waals surface area (Å²) >= 11 is 0. The summed E-state index contributed by atoms with van der Waals surface area (Å²) in [6, 6.07) is 0.729. The molecule has 1 heterocycles. The van der Waals surface area contributed by atoms with Crippen LogP contribution >= 0.6 is 0 Å².